The molecular weight excluding hydrogens is 465 g/mol. The first-order chi connectivity index (χ1) is 15.0. The molecule has 0 aliphatic rings. The number of anilines is 1. The first kappa shape index (κ1) is 22.3. The van der Waals surface area contributed by atoms with Gasteiger partial charge in [0.2, 0.25) is 0 Å². The maximum Gasteiger partial charge on any atom is 0.339 e. The standard InChI is InChI=1S/C23H21BrFN3O3/c1-2-30-21-12-17(14-26-28-23(29)27-19-6-4-3-5-7-19)20(24)13-22(21)31-15-16-8-10-18(25)11-9-16/h3-14H,2,15H2,1H3,(H2,27,28,29)/b26-14-. The normalized spacial score (nSPS) is 10.7. The van der Waals surface area contributed by atoms with Gasteiger partial charge in [-0.3, -0.25) is 0 Å². The molecule has 31 heavy (non-hydrogen) atoms. The molecule has 2 N–H and O–H groups in total. The molecule has 0 aliphatic carbocycles. The SMILES string of the molecule is CCOc1cc(/C=N\NC(=O)Nc2ccccc2)c(Br)cc1OCc1ccc(F)cc1. The third kappa shape index (κ3) is 6.82. The summed E-state index contributed by atoms with van der Waals surface area (Å²) < 4.78 is 25.3. The van der Waals surface area contributed by atoms with Gasteiger partial charge in [-0.15, -0.1) is 0 Å². The number of nitrogens with one attached hydrogen (secondary N) is 2. The van der Waals surface area contributed by atoms with Gasteiger partial charge in [0.1, 0.15) is 12.4 Å². The van der Waals surface area contributed by atoms with Crippen molar-refractivity contribution in [2.24, 2.45) is 5.10 Å². The van der Waals surface area contributed by atoms with E-state index in [1.165, 1.54) is 18.3 Å². The number of hydrogen-bond donors (Lipinski definition) is 2. The summed E-state index contributed by atoms with van der Waals surface area (Å²) in [4.78, 5) is 11.9. The number of ether oxygens (including phenoxy) is 2. The molecule has 0 saturated heterocycles. The summed E-state index contributed by atoms with van der Waals surface area (Å²) in [6, 6.07) is 18.2. The second-order valence-corrected chi connectivity index (χ2v) is 7.21. The van der Waals surface area contributed by atoms with Crippen molar-refractivity contribution in [3.8, 4) is 11.5 Å². The molecule has 6 nitrogen and oxygen atoms in total. The minimum Gasteiger partial charge on any atom is -0.490 e. The fourth-order valence-electron chi connectivity index (χ4n) is 2.61. The van der Waals surface area contributed by atoms with Gasteiger partial charge in [0.15, 0.2) is 11.5 Å². The molecule has 0 aromatic heterocycles. The number of para-hydroxylation sites is 1. The van der Waals surface area contributed by atoms with Crippen molar-refractivity contribution in [2.45, 2.75) is 13.5 Å². The molecule has 3 rings (SSSR count). The molecule has 0 fully saturated rings. The maximum atomic E-state index is 13.1. The van der Waals surface area contributed by atoms with E-state index in [9.17, 15) is 9.18 Å². The highest BCUT2D eigenvalue weighted by atomic mass is 79.9. The lowest BCUT2D eigenvalue weighted by molar-refractivity contribution is 0.252. The van der Waals surface area contributed by atoms with E-state index in [0.29, 0.717) is 33.8 Å². The van der Waals surface area contributed by atoms with Crippen LogP contribution >= 0.6 is 15.9 Å². The topological polar surface area (TPSA) is 72.0 Å². The lowest BCUT2D eigenvalue weighted by Gasteiger charge is -2.14. The Kier molecular flexibility index (Phi) is 8.00. The van der Waals surface area contributed by atoms with Crippen molar-refractivity contribution in [2.75, 3.05) is 11.9 Å². The Morgan fingerprint density at radius 1 is 1.06 bits per heavy atom. The molecule has 0 heterocycles. The van der Waals surface area contributed by atoms with Crippen molar-refractivity contribution in [1.29, 1.82) is 0 Å². The van der Waals surface area contributed by atoms with Crippen LogP contribution < -0.4 is 20.2 Å². The van der Waals surface area contributed by atoms with Gasteiger partial charge in [0.05, 0.1) is 12.8 Å². The Labute approximate surface area is 188 Å². The van der Waals surface area contributed by atoms with Crippen molar-refractivity contribution in [3.05, 3.63) is 88.1 Å². The van der Waals surface area contributed by atoms with Gasteiger partial charge < -0.3 is 14.8 Å². The van der Waals surface area contributed by atoms with Crippen LogP contribution in [0.5, 0.6) is 11.5 Å². The predicted molar refractivity (Wildman–Crippen MR) is 122 cm³/mol. The van der Waals surface area contributed by atoms with Crippen molar-refractivity contribution in [1.82, 2.24) is 5.43 Å². The van der Waals surface area contributed by atoms with E-state index in [-0.39, 0.29) is 12.4 Å². The van der Waals surface area contributed by atoms with Crippen LogP contribution in [0.25, 0.3) is 0 Å². The highest BCUT2D eigenvalue weighted by Gasteiger charge is 2.11. The van der Waals surface area contributed by atoms with Crippen LogP contribution in [-0.2, 0) is 6.61 Å². The number of benzene rings is 3. The molecule has 0 atom stereocenters. The molecule has 0 radical (unpaired) electrons. The van der Waals surface area contributed by atoms with E-state index in [0.717, 1.165) is 5.56 Å². The Bertz CT molecular complexity index is 1040. The Morgan fingerprint density at radius 3 is 2.48 bits per heavy atom. The first-order valence-electron chi connectivity index (χ1n) is 9.54. The largest absolute Gasteiger partial charge is 0.490 e. The molecule has 0 spiro atoms. The zero-order chi connectivity index (χ0) is 22.1. The molecule has 8 heteroatoms. The number of hydrazone groups is 1. The number of halogens is 2. The molecule has 3 aromatic carbocycles. The second kappa shape index (κ2) is 11.1. The van der Waals surface area contributed by atoms with Crippen LogP contribution in [0.4, 0.5) is 14.9 Å². The van der Waals surface area contributed by atoms with Crippen LogP contribution in [0.3, 0.4) is 0 Å². The lowest BCUT2D eigenvalue weighted by atomic mass is 10.2. The number of rotatable bonds is 8. The lowest BCUT2D eigenvalue weighted by Crippen LogP contribution is -2.24. The minimum atomic E-state index is -0.456. The van der Waals surface area contributed by atoms with Crippen molar-refractivity contribution in [3.63, 3.8) is 0 Å². The predicted octanol–water partition coefficient (Wildman–Crippen LogP) is 5.72. The van der Waals surface area contributed by atoms with Crippen LogP contribution in [0.1, 0.15) is 18.1 Å². The summed E-state index contributed by atoms with van der Waals surface area (Å²) in [5, 5.41) is 6.66. The highest BCUT2D eigenvalue weighted by molar-refractivity contribution is 9.10. The smallest absolute Gasteiger partial charge is 0.339 e. The van der Waals surface area contributed by atoms with E-state index in [4.69, 9.17) is 9.47 Å². The van der Waals surface area contributed by atoms with Gasteiger partial charge in [-0.1, -0.05) is 30.3 Å². The van der Waals surface area contributed by atoms with E-state index < -0.39 is 6.03 Å². The Morgan fingerprint density at radius 2 is 1.77 bits per heavy atom. The summed E-state index contributed by atoms with van der Waals surface area (Å²) in [5.41, 5.74) is 4.61. The monoisotopic (exact) mass is 485 g/mol. The third-order valence-electron chi connectivity index (χ3n) is 4.07. The summed E-state index contributed by atoms with van der Waals surface area (Å²) in [5.74, 6) is 0.768. The number of carbonyl (C=O) groups is 1. The average molecular weight is 486 g/mol. The van der Waals surface area contributed by atoms with Crippen LogP contribution in [0, 0.1) is 5.82 Å². The molecule has 3 aromatic rings. The molecule has 0 saturated carbocycles. The molecular formula is C23H21BrFN3O3. The number of hydrogen-bond acceptors (Lipinski definition) is 4. The quantitative estimate of drug-likeness (QED) is 0.316. The first-order valence-corrected chi connectivity index (χ1v) is 10.3. The minimum absolute atomic E-state index is 0.265. The van der Waals surface area contributed by atoms with Crippen LogP contribution in [0.2, 0.25) is 0 Å². The average Bonchev–Trinajstić information content (AvgIpc) is 2.76. The van der Waals surface area contributed by atoms with E-state index in [2.05, 4.69) is 31.8 Å². The van der Waals surface area contributed by atoms with Crippen molar-refractivity contribution >= 4 is 33.9 Å². The summed E-state index contributed by atoms with van der Waals surface area (Å²) in [6.45, 7) is 2.58. The van der Waals surface area contributed by atoms with Crippen molar-refractivity contribution < 1.29 is 18.7 Å². The number of urea groups is 1. The van der Waals surface area contributed by atoms with E-state index in [1.54, 1.807) is 36.4 Å². The van der Waals surface area contributed by atoms with E-state index >= 15 is 0 Å². The van der Waals surface area contributed by atoms with Crippen LogP contribution in [0.15, 0.2) is 76.3 Å². The van der Waals surface area contributed by atoms with Gasteiger partial charge in [0.25, 0.3) is 0 Å². The zero-order valence-corrected chi connectivity index (χ0v) is 18.4. The number of carbonyl (C=O) groups excluding carboxylic acids is 1. The molecule has 2 amide bonds. The second-order valence-electron chi connectivity index (χ2n) is 6.36. The van der Waals surface area contributed by atoms with Gasteiger partial charge >= 0.3 is 6.03 Å². The van der Waals surface area contributed by atoms with Crippen LogP contribution in [-0.4, -0.2) is 18.9 Å². The summed E-state index contributed by atoms with van der Waals surface area (Å²) in [6.07, 6.45) is 1.50. The molecule has 160 valence electrons. The Hall–Kier alpha value is -3.39. The van der Waals surface area contributed by atoms with E-state index in [1.807, 2.05) is 25.1 Å². The fourth-order valence-corrected chi connectivity index (χ4v) is 3.04. The van der Waals surface area contributed by atoms with Gasteiger partial charge in [-0.05, 0) is 64.8 Å². The highest BCUT2D eigenvalue weighted by Crippen LogP contribution is 2.33. The zero-order valence-electron chi connectivity index (χ0n) is 16.8. The number of nitrogens with zero attached hydrogens (tertiary/aromatic N) is 1. The summed E-state index contributed by atoms with van der Waals surface area (Å²) in [7, 11) is 0. The third-order valence-corrected chi connectivity index (χ3v) is 4.76. The Balaban J connectivity index is 1.66. The van der Waals surface area contributed by atoms with Gasteiger partial charge in [-0.25, -0.2) is 14.6 Å². The van der Waals surface area contributed by atoms with Gasteiger partial charge in [-0.2, -0.15) is 5.10 Å². The number of amides is 2. The maximum absolute atomic E-state index is 13.1. The summed E-state index contributed by atoms with van der Waals surface area (Å²) >= 11 is 3.48. The fraction of sp³-hybridized carbons (Fsp3) is 0.130. The molecule has 0 bridgehead atoms. The van der Waals surface area contributed by atoms with Gasteiger partial charge in [0, 0.05) is 15.7 Å². The molecule has 0 unspecified atom stereocenters. The molecule has 0 aliphatic heterocycles.